The van der Waals surface area contributed by atoms with Crippen LogP contribution < -0.4 is 0 Å². The van der Waals surface area contributed by atoms with Crippen molar-refractivity contribution in [2.24, 2.45) is 0 Å². The fourth-order valence-corrected chi connectivity index (χ4v) is 2.31. The molecule has 7 nitrogen and oxygen atoms in total. The Kier molecular flexibility index (Phi) is 2.58. The summed E-state index contributed by atoms with van der Waals surface area (Å²) < 4.78 is 18.9. The number of aromatic hydroxyl groups is 1. The molecule has 0 spiro atoms. The second-order valence-corrected chi connectivity index (χ2v) is 6.89. The van der Waals surface area contributed by atoms with Gasteiger partial charge in [0.05, 0.1) is 6.20 Å². The Morgan fingerprint density at radius 3 is 2.75 bits per heavy atom. The van der Waals surface area contributed by atoms with Gasteiger partial charge in [0.2, 0.25) is 16.6 Å². The topological polar surface area (TPSA) is 93.5 Å². The molecule has 0 aliphatic heterocycles. The number of rotatable bonds is 2. The van der Waals surface area contributed by atoms with Gasteiger partial charge in [0.1, 0.15) is 5.76 Å². The van der Waals surface area contributed by atoms with E-state index in [0.717, 1.165) is 0 Å². The van der Waals surface area contributed by atoms with E-state index in [-0.39, 0.29) is 16.6 Å². The van der Waals surface area contributed by atoms with Crippen LogP contribution in [0.15, 0.2) is 27.9 Å². The molecule has 3 aromatic rings. The predicted molar refractivity (Wildman–Crippen MR) is 74.3 cm³/mol. The van der Waals surface area contributed by atoms with Crippen LogP contribution >= 0.6 is 0 Å². The molecule has 0 aliphatic rings. The zero-order valence-electron chi connectivity index (χ0n) is 10.9. The van der Waals surface area contributed by atoms with E-state index < -0.39 is 9.52 Å². The van der Waals surface area contributed by atoms with Crippen molar-refractivity contribution in [3.8, 4) is 17.3 Å². The first-order valence-corrected chi connectivity index (χ1v) is 7.83. The molecule has 0 saturated heterocycles. The van der Waals surface area contributed by atoms with E-state index in [1.165, 1.54) is 17.0 Å². The van der Waals surface area contributed by atoms with Crippen LogP contribution in [-0.2, 0) is 9.52 Å². The normalized spacial score (nSPS) is 14.5. The Labute approximate surface area is 114 Å². The van der Waals surface area contributed by atoms with Crippen LogP contribution in [0.5, 0.6) is 5.75 Å². The van der Waals surface area contributed by atoms with Gasteiger partial charge in [-0.3, -0.25) is 4.21 Å². The van der Waals surface area contributed by atoms with Gasteiger partial charge in [0, 0.05) is 15.8 Å². The lowest BCUT2D eigenvalue weighted by Gasteiger charge is -2.05. The fourth-order valence-electron chi connectivity index (χ4n) is 1.75. The Bertz CT molecular complexity index is 908. The summed E-state index contributed by atoms with van der Waals surface area (Å²) in [5, 5.41) is 13.8. The number of fused-ring (bicyclic) bond motifs is 1. The first-order chi connectivity index (χ1) is 9.36. The van der Waals surface area contributed by atoms with Crippen LogP contribution in [0.3, 0.4) is 0 Å². The molecule has 20 heavy (non-hydrogen) atoms. The second kappa shape index (κ2) is 4.07. The summed E-state index contributed by atoms with van der Waals surface area (Å²) in [6.45, 7) is 1.80. The van der Waals surface area contributed by atoms with Crippen molar-refractivity contribution in [3.05, 3.63) is 24.1 Å². The standard InChI is InChI=1S/C12H12N4O3S/c1-7-4-5-9(19-7)11-15-12(20(2,3)18)14-10-8(17)6-13-16(10)11/h4-6,17H,2H2,1,3H3. The van der Waals surface area contributed by atoms with E-state index in [9.17, 15) is 9.32 Å². The highest BCUT2D eigenvalue weighted by molar-refractivity contribution is 7.99. The Hall–Kier alpha value is -2.35. The van der Waals surface area contributed by atoms with Crippen LogP contribution in [0.4, 0.5) is 0 Å². The summed E-state index contributed by atoms with van der Waals surface area (Å²) in [4.78, 5) is 8.27. The zero-order chi connectivity index (χ0) is 14.5. The van der Waals surface area contributed by atoms with Crippen LogP contribution in [0, 0.1) is 6.92 Å². The van der Waals surface area contributed by atoms with Gasteiger partial charge in [0.15, 0.2) is 11.5 Å². The van der Waals surface area contributed by atoms with Gasteiger partial charge < -0.3 is 9.52 Å². The molecule has 0 saturated carbocycles. The van der Waals surface area contributed by atoms with Gasteiger partial charge in [-0.15, -0.1) is 0 Å². The Balaban J connectivity index is 2.40. The third-order valence-corrected chi connectivity index (χ3v) is 3.63. The van der Waals surface area contributed by atoms with Gasteiger partial charge in [-0.1, -0.05) is 0 Å². The van der Waals surface area contributed by atoms with E-state index in [4.69, 9.17) is 4.42 Å². The van der Waals surface area contributed by atoms with Crippen LogP contribution in [-0.4, -0.2) is 41.0 Å². The number of furan rings is 1. The number of aryl methyl sites for hydroxylation is 1. The maximum atomic E-state index is 12.1. The Morgan fingerprint density at radius 1 is 1.40 bits per heavy atom. The SMILES string of the molecule is C=S(C)(=O)c1nc(-c2ccc(C)o2)n2ncc(O)c2n1. The maximum absolute atomic E-state index is 12.1. The van der Waals surface area contributed by atoms with Crippen molar-refractivity contribution >= 4 is 21.0 Å². The van der Waals surface area contributed by atoms with Crippen molar-refractivity contribution in [1.82, 2.24) is 19.6 Å². The molecule has 3 aromatic heterocycles. The van der Waals surface area contributed by atoms with Crippen molar-refractivity contribution in [2.45, 2.75) is 12.1 Å². The average Bonchev–Trinajstić information content (AvgIpc) is 2.94. The minimum Gasteiger partial charge on any atom is -0.503 e. The molecule has 0 fully saturated rings. The molecule has 1 unspecified atom stereocenters. The minimum atomic E-state index is -2.63. The van der Waals surface area contributed by atoms with E-state index in [0.29, 0.717) is 17.3 Å². The molecule has 0 aliphatic carbocycles. The monoisotopic (exact) mass is 292 g/mol. The third kappa shape index (κ3) is 1.94. The molecular formula is C12H12N4O3S. The second-order valence-electron chi connectivity index (χ2n) is 4.51. The highest BCUT2D eigenvalue weighted by Crippen LogP contribution is 2.25. The quantitative estimate of drug-likeness (QED) is 0.711. The summed E-state index contributed by atoms with van der Waals surface area (Å²) in [5.74, 6) is 4.91. The van der Waals surface area contributed by atoms with Crippen LogP contribution in [0.2, 0.25) is 0 Å². The number of nitrogens with zero attached hydrogens (tertiary/aromatic N) is 4. The van der Waals surface area contributed by atoms with Crippen molar-refractivity contribution in [3.63, 3.8) is 0 Å². The van der Waals surface area contributed by atoms with Crippen LogP contribution in [0.25, 0.3) is 17.2 Å². The van der Waals surface area contributed by atoms with E-state index in [2.05, 4.69) is 20.9 Å². The smallest absolute Gasteiger partial charge is 0.214 e. The molecule has 3 rings (SSSR count). The van der Waals surface area contributed by atoms with E-state index in [1.807, 2.05) is 0 Å². The van der Waals surface area contributed by atoms with E-state index >= 15 is 0 Å². The molecule has 104 valence electrons. The van der Waals surface area contributed by atoms with Gasteiger partial charge in [-0.25, -0.2) is 0 Å². The fraction of sp³-hybridized carbons (Fsp3) is 0.167. The molecule has 0 aromatic carbocycles. The highest BCUT2D eigenvalue weighted by Gasteiger charge is 2.18. The number of aromatic nitrogens is 4. The first-order valence-electron chi connectivity index (χ1n) is 5.70. The lowest BCUT2D eigenvalue weighted by molar-refractivity contribution is 0.479. The number of hydrogen-bond acceptors (Lipinski definition) is 6. The van der Waals surface area contributed by atoms with Gasteiger partial charge >= 0.3 is 0 Å². The lowest BCUT2D eigenvalue weighted by atomic mass is 10.4. The summed E-state index contributed by atoms with van der Waals surface area (Å²) in [6, 6.07) is 3.50. The molecule has 3 heterocycles. The van der Waals surface area contributed by atoms with Gasteiger partial charge in [-0.05, 0) is 24.9 Å². The average molecular weight is 292 g/mol. The molecule has 0 bridgehead atoms. The molecule has 0 amide bonds. The molecular weight excluding hydrogens is 280 g/mol. The summed E-state index contributed by atoms with van der Waals surface area (Å²) in [7, 11) is -2.63. The van der Waals surface area contributed by atoms with E-state index in [1.54, 1.807) is 19.1 Å². The van der Waals surface area contributed by atoms with Crippen LogP contribution in [0.1, 0.15) is 5.76 Å². The summed E-state index contributed by atoms with van der Waals surface area (Å²) in [6.07, 6.45) is 2.68. The minimum absolute atomic E-state index is 0.0462. The molecule has 8 heteroatoms. The summed E-state index contributed by atoms with van der Waals surface area (Å²) >= 11 is 0. The maximum Gasteiger partial charge on any atom is 0.214 e. The lowest BCUT2D eigenvalue weighted by Crippen LogP contribution is -2.09. The molecule has 1 atom stereocenters. The van der Waals surface area contributed by atoms with Gasteiger partial charge in [0.25, 0.3) is 0 Å². The Morgan fingerprint density at radius 2 is 2.15 bits per heavy atom. The number of hydrogen-bond donors (Lipinski definition) is 1. The first kappa shape index (κ1) is 12.7. The van der Waals surface area contributed by atoms with Crippen molar-refractivity contribution in [2.75, 3.05) is 6.26 Å². The van der Waals surface area contributed by atoms with Gasteiger partial charge in [-0.2, -0.15) is 19.6 Å². The summed E-state index contributed by atoms with van der Waals surface area (Å²) in [5.41, 5.74) is 0.164. The molecule has 0 radical (unpaired) electrons. The van der Waals surface area contributed by atoms with Crippen molar-refractivity contribution < 1.29 is 13.7 Å². The highest BCUT2D eigenvalue weighted by atomic mass is 32.2. The predicted octanol–water partition coefficient (Wildman–Crippen LogP) is 1.10. The van der Waals surface area contributed by atoms with Crippen molar-refractivity contribution in [1.29, 1.82) is 0 Å². The largest absolute Gasteiger partial charge is 0.503 e. The zero-order valence-corrected chi connectivity index (χ0v) is 11.7. The third-order valence-electron chi connectivity index (χ3n) is 2.68. The molecule has 1 N–H and O–H groups in total.